The van der Waals surface area contributed by atoms with Gasteiger partial charge in [0.25, 0.3) is 11.0 Å². The lowest BCUT2D eigenvalue weighted by molar-refractivity contribution is 0.0121. The number of rotatable bonds is 4. The Balaban J connectivity index is 2.34. The highest BCUT2D eigenvalue weighted by Crippen LogP contribution is 2.12. The summed E-state index contributed by atoms with van der Waals surface area (Å²) in [6, 6.07) is 0. The van der Waals surface area contributed by atoms with Gasteiger partial charge in [-0.15, -0.1) is 0 Å². The van der Waals surface area contributed by atoms with Crippen LogP contribution in [-0.4, -0.2) is 68.7 Å². The second-order valence-electron chi connectivity index (χ2n) is 5.91. The summed E-state index contributed by atoms with van der Waals surface area (Å²) < 4.78 is 30.9. The quantitative estimate of drug-likeness (QED) is 0.761. The first-order valence-electron chi connectivity index (χ1n) is 6.69. The minimum atomic E-state index is -2.81. The minimum absolute atomic E-state index is 0.302. The molecule has 0 saturated carbocycles. The molecule has 1 rings (SSSR count). The molecular formula is C12H24N2O5S. The largest absolute Gasteiger partial charge is 0.444 e. The van der Waals surface area contributed by atoms with Crippen LogP contribution in [-0.2, 0) is 19.9 Å². The molecule has 0 aromatic carbocycles. The molecule has 0 spiro atoms. The minimum Gasteiger partial charge on any atom is -0.444 e. The number of thiol groups is 1. The molecule has 1 fully saturated rings. The van der Waals surface area contributed by atoms with Crippen LogP contribution in [0.25, 0.3) is 0 Å². The molecule has 1 heterocycles. The van der Waals surface area contributed by atoms with E-state index in [9.17, 15) is 13.2 Å². The number of carbonyl (C=O) groups is 1. The molecule has 0 aliphatic carbocycles. The third kappa shape index (κ3) is 6.53. The smallest absolute Gasteiger partial charge is 0.410 e. The number of hydrogen-bond donors (Lipinski definition) is 1. The van der Waals surface area contributed by atoms with Crippen LogP contribution in [0.15, 0.2) is 0 Å². The fourth-order valence-corrected chi connectivity index (χ4v) is 2.34. The summed E-state index contributed by atoms with van der Waals surface area (Å²) in [5, 5.41) is 0. The SMILES string of the molecule is CC(CN1CCN(C(=O)OC(C)(C)C)CC1)O[SH](=O)=O. The Labute approximate surface area is 122 Å². The Bertz CT molecular complexity index is 389. The van der Waals surface area contributed by atoms with E-state index in [4.69, 9.17) is 8.92 Å². The third-order valence-electron chi connectivity index (χ3n) is 2.81. The zero-order valence-electron chi connectivity index (χ0n) is 12.5. The number of amides is 1. The first-order chi connectivity index (χ1) is 9.17. The summed E-state index contributed by atoms with van der Waals surface area (Å²) in [6.45, 7) is 10.3. The lowest BCUT2D eigenvalue weighted by Crippen LogP contribution is -2.51. The van der Waals surface area contributed by atoms with E-state index in [1.165, 1.54) is 0 Å². The van der Waals surface area contributed by atoms with Gasteiger partial charge in [0.15, 0.2) is 0 Å². The van der Waals surface area contributed by atoms with Gasteiger partial charge in [0.1, 0.15) is 5.60 Å². The lowest BCUT2D eigenvalue weighted by atomic mass is 10.2. The van der Waals surface area contributed by atoms with Crippen LogP contribution in [0.3, 0.4) is 0 Å². The first kappa shape index (κ1) is 17.2. The standard InChI is InChI=1S/C12H24N2O5S/c1-10(19-20(16)17)9-13-5-7-14(8-6-13)11(15)18-12(2,3)4/h10,20H,5-9H2,1-4H3. The molecule has 0 N–H and O–H groups in total. The van der Waals surface area contributed by atoms with Crippen molar-refractivity contribution in [1.29, 1.82) is 0 Å². The maximum absolute atomic E-state index is 11.9. The average Bonchev–Trinajstić information content (AvgIpc) is 2.26. The molecule has 7 nitrogen and oxygen atoms in total. The highest BCUT2D eigenvalue weighted by molar-refractivity contribution is 7.67. The fourth-order valence-electron chi connectivity index (χ4n) is 1.98. The van der Waals surface area contributed by atoms with Gasteiger partial charge in [-0.05, 0) is 27.7 Å². The predicted octanol–water partition coefficient (Wildman–Crippen LogP) is 0.471. The number of ether oxygens (including phenoxy) is 1. The van der Waals surface area contributed by atoms with Gasteiger partial charge in [-0.25, -0.2) is 13.2 Å². The number of hydrogen-bond acceptors (Lipinski definition) is 6. The van der Waals surface area contributed by atoms with Gasteiger partial charge in [0.2, 0.25) is 0 Å². The molecule has 20 heavy (non-hydrogen) atoms. The Morgan fingerprint density at radius 3 is 2.20 bits per heavy atom. The second-order valence-corrected chi connectivity index (χ2v) is 6.57. The van der Waals surface area contributed by atoms with E-state index in [0.29, 0.717) is 32.7 Å². The van der Waals surface area contributed by atoms with Crippen molar-refractivity contribution >= 4 is 17.1 Å². The van der Waals surface area contributed by atoms with Crippen LogP contribution in [0.5, 0.6) is 0 Å². The highest BCUT2D eigenvalue weighted by atomic mass is 32.2. The van der Waals surface area contributed by atoms with Crippen LogP contribution in [0.2, 0.25) is 0 Å². The van der Waals surface area contributed by atoms with Gasteiger partial charge in [0.05, 0.1) is 6.10 Å². The Hall–Kier alpha value is -0.860. The summed E-state index contributed by atoms with van der Waals surface area (Å²) >= 11 is 0. The van der Waals surface area contributed by atoms with Crippen LogP contribution in [0, 0.1) is 0 Å². The third-order valence-corrected chi connectivity index (χ3v) is 3.34. The molecule has 1 saturated heterocycles. The molecule has 8 heteroatoms. The Morgan fingerprint density at radius 1 is 1.20 bits per heavy atom. The number of nitrogens with zero attached hydrogens (tertiary/aromatic N) is 2. The molecule has 0 aromatic rings. The molecule has 0 aromatic heterocycles. The lowest BCUT2D eigenvalue weighted by Gasteiger charge is -2.36. The normalized spacial score (nSPS) is 19.1. The summed E-state index contributed by atoms with van der Waals surface area (Å²) in [5.74, 6) is 0. The van der Waals surface area contributed by atoms with Gasteiger partial charge >= 0.3 is 6.09 Å². The Kier molecular flexibility index (Phi) is 6.22. The molecule has 0 radical (unpaired) electrons. The van der Waals surface area contributed by atoms with Crippen molar-refractivity contribution in [2.45, 2.75) is 39.4 Å². The van der Waals surface area contributed by atoms with Crippen molar-refractivity contribution < 1.29 is 22.1 Å². The van der Waals surface area contributed by atoms with Crippen molar-refractivity contribution in [3.05, 3.63) is 0 Å². The van der Waals surface area contributed by atoms with E-state index in [1.54, 1.807) is 11.8 Å². The first-order valence-corrected chi connectivity index (χ1v) is 7.78. The molecule has 118 valence electrons. The van der Waals surface area contributed by atoms with Crippen molar-refractivity contribution in [3.63, 3.8) is 0 Å². The van der Waals surface area contributed by atoms with Gasteiger partial charge in [-0.2, -0.15) is 0 Å². The summed E-state index contributed by atoms with van der Waals surface area (Å²) in [7, 11) is -2.81. The predicted molar refractivity (Wildman–Crippen MR) is 75.1 cm³/mol. The second kappa shape index (κ2) is 7.24. The summed E-state index contributed by atoms with van der Waals surface area (Å²) in [6.07, 6.45) is -0.673. The zero-order chi connectivity index (χ0) is 15.3. The van der Waals surface area contributed by atoms with E-state index in [2.05, 4.69) is 4.90 Å². The number of piperazine rings is 1. The average molecular weight is 308 g/mol. The van der Waals surface area contributed by atoms with Crippen molar-refractivity contribution in [2.24, 2.45) is 0 Å². The van der Waals surface area contributed by atoms with Crippen molar-refractivity contribution in [2.75, 3.05) is 32.7 Å². The maximum Gasteiger partial charge on any atom is 0.410 e. The van der Waals surface area contributed by atoms with Gasteiger partial charge in [-0.1, -0.05) is 0 Å². The zero-order valence-corrected chi connectivity index (χ0v) is 13.4. The van der Waals surface area contributed by atoms with E-state index < -0.39 is 16.6 Å². The van der Waals surface area contributed by atoms with Gasteiger partial charge in [0, 0.05) is 32.7 Å². The molecule has 1 aliphatic heterocycles. The van der Waals surface area contributed by atoms with Crippen molar-refractivity contribution in [1.82, 2.24) is 9.80 Å². The topological polar surface area (TPSA) is 76.2 Å². The fraction of sp³-hybridized carbons (Fsp3) is 0.917. The van der Waals surface area contributed by atoms with E-state index in [-0.39, 0.29) is 12.2 Å². The maximum atomic E-state index is 11.9. The summed E-state index contributed by atoms with van der Waals surface area (Å²) in [5.41, 5.74) is -0.490. The molecule has 1 atom stereocenters. The molecular weight excluding hydrogens is 284 g/mol. The van der Waals surface area contributed by atoms with E-state index in [0.717, 1.165) is 0 Å². The highest BCUT2D eigenvalue weighted by Gasteiger charge is 2.26. The van der Waals surface area contributed by atoms with Crippen LogP contribution < -0.4 is 0 Å². The number of carbonyl (C=O) groups excluding carboxylic acids is 1. The molecule has 1 aliphatic rings. The van der Waals surface area contributed by atoms with Crippen LogP contribution in [0.1, 0.15) is 27.7 Å². The van der Waals surface area contributed by atoms with Crippen LogP contribution >= 0.6 is 0 Å². The van der Waals surface area contributed by atoms with Gasteiger partial charge < -0.3 is 9.64 Å². The van der Waals surface area contributed by atoms with Crippen LogP contribution in [0.4, 0.5) is 4.79 Å². The molecule has 1 amide bonds. The van der Waals surface area contributed by atoms with Crippen molar-refractivity contribution in [3.8, 4) is 0 Å². The monoisotopic (exact) mass is 308 g/mol. The summed E-state index contributed by atoms with van der Waals surface area (Å²) in [4.78, 5) is 15.6. The van der Waals surface area contributed by atoms with E-state index >= 15 is 0 Å². The Morgan fingerprint density at radius 2 is 1.75 bits per heavy atom. The van der Waals surface area contributed by atoms with Gasteiger partial charge in [-0.3, -0.25) is 9.08 Å². The van der Waals surface area contributed by atoms with E-state index in [1.807, 2.05) is 20.8 Å². The molecule has 0 bridgehead atoms. The molecule has 1 unspecified atom stereocenters.